The van der Waals surface area contributed by atoms with Crippen molar-refractivity contribution in [2.75, 3.05) is 24.3 Å². The molecule has 1 unspecified atom stereocenters. The molecule has 7 heteroatoms. The van der Waals surface area contributed by atoms with Crippen LogP contribution in [-0.4, -0.2) is 40.4 Å². The highest BCUT2D eigenvalue weighted by molar-refractivity contribution is 8.07. The Labute approximate surface area is 130 Å². The molecular formula is C14H16F3NOS2. The van der Waals surface area contributed by atoms with Crippen LogP contribution in [0.1, 0.15) is 11.1 Å². The Morgan fingerprint density at radius 2 is 1.95 bits per heavy atom. The number of halogens is 3. The fraction of sp³-hybridized carbons (Fsp3) is 0.500. The van der Waals surface area contributed by atoms with Gasteiger partial charge in [-0.2, -0.15) is 24.9 Å². The molecule has 1 aromatic rings. The van der Waals surface area contributed by atoms with Crippen molar-refractivity contribution >= 4 is 29.4 Å². The topological polar surface area (TPSA) is 20.3 Å². The summed E-state index contributed by atoms with van der Waals surface area (Å²) < 4.78 is 37.5. The molecule has 1 atom stereocenters. The Balaban J connectivity index is 1.95. The van der Waals surface area contributed by atoms with Crippen LogP contribution in [0, 0.1) is 0 Å². The predicted molar refractivity (Wildman–Crippen MR) is 81.5 cm³/mol. The summed E-state index contributed by atoms with van der Waals surface area (Å²) in [6, 6.07) is 4.96. The van der Waals surface area contributed by atoms with Gasteiger partial charge in [0.05, 0.1) is 10.8 Å². The lowest BCUT2D eigenvalue weighted by Gasteiger charge is -2.26. The van der Waals surface area contributed by atoms with Crippen LogP contribution in [0.4, 0.5) is 13.2 Å². The molecule has 1 amide bonds. The van der Waals surface area contributed by atoms with Gasteiger partial charge in [-0.25, -0.2) is 0 Å². The highest BCUT2D eigenvalue weighted by atomic mass is 32.2. The number of amides is 1. The number of rotatable bonds is 3. The van der Waals surface area contributed by atoms with Crippen molar-refractivity contribution in [2.24, 2.45) is 0 Å². The van der Waals surface area contributed by atoms with E-state index in [2.05, 4.69) is 0 Å². The minimum absolute atomic E-state index is 0.0387. The van der Waals surface area contributed by atoms with Crippen LogP contribution < -0.4 is 0 Å². The summed E-state index contributed by atoms with van der Waals surface area (Å²) in [6.45, 7) is 0.332. The van der Waals surface area contributed by atoms with Gasteiger partial charge in [-0.1, -0.05) is 12.1 Å². The van der Waals surface area contributed by atoms with Crippen LogP contribution in [0.25, 0.3) is 0 Å². The van der Waals surface area contributed by atoms with E-state index in [1.54, 1.807) is 35.5 Å². The monoisotopic (exact) mass is 335 g/mol. The Bertz CT molecular complexity index is 484. The molecule has 1 aliphatic rings. The Hall–Kier alpha value is -0.820. The van der Waals surface area contributed by atoms with Crippen LogP contribution >= 0.6 is 23.5 Å². The van der Waals surface area contributed by atoms with E-state index in [0.29, 0.717) is 12.1 Å². The van der Waals surface area contributed by atoms with E-state index < -0.39 is 11.7 Å². The van der Waals surface area contributed by atoms with Gasteiger partial charge < -0.3 is 4.90 Å². The van der Waals surface area contributed by atoms with E-state index in [9.17, 15) is 18.0 Å². The van der Waals surface area contributed by atoms with Gasteiger partial charge in [0.2, 0.25) is 5.91 Å². The summed E-state index contributed by atoms with van der Waals surface area (Å²) >= 11 is 3.42. The first-order valence-electron chi connectivity index (χ1n) is 6.48. The molecule has 0 radical (unpaired) electrons. The zero-order chi connectivity index (χ0) is 15.5. The maximum atomic E-state index is 12.5. The molecule has 1 aromatic carbocycles. The molecule has 1 heterocycles. The van der Waals surface area contributed by atoms with Crippen LogP contribution in [0.3, 0.4) is 0 Å². The third-order valence-electron chi connectivity index (χ3n) is 3.17. The molecule has 21 heavy (non-hydrogen) atoms. The van der Waals surface area contributed by atoms with E-state index in [4.69, 9.17) is 0 Å². The van der Waals surface area contributed by atoms with Gasteiger partial charge in [-0.05, 0) is 17.7 Å². The number of benzene rings is 1. The molecule has 0 aliphatic carbocycles. The molecule has 0 N–H and O–H groups in total. The number of hydrogen-bond acceptors (Lipinski definition) is 3. The lowest BCUT2D eigenvalue weighted by atomic mass is 10.1. The van der Waals surface area contributed by atoms with Gasteiger partial charge in [-0.3, -0.25) is 4.79 Å². The molecule has 0 aromatic heterocycles. The summed E-state index contributed by atoms with van der Waals surface area (Å²) in [6.07, 6.45) is -4.32. The van der Waals surface area contributed by atoms with Crippen LogP contribution in [0.5, 0.6) is 0 Å². The van der Waals surface area contributed by atoms with Gasteiger partial charge in [0.25, 0.3) is 0 Å². The van der Waals surface area contributed by atoms with Gasteiger partial charge in [0.1, 0.15) is 0 Å². The smallest absolute Gasteiger partial charge is 0.340 e. The van der Waals surface area contributed by atoms with Crippen molar-refractivity contribution in [3.8, 4) is 0 Å². The van der Waals surface area contributed by atoms with Gasteiger partial charge in [0.15, 0.2) is 0 Å². The summed E-state index contributed by atoms with van der Waals surface area (Å²) in [5, 5.41) is -0.0387. The van der Waals surface area contributed by atoms with Gasteiger partial charge in [-0.15, -0.1) is 11.8 Å². The number of hydrogen-bond donors (Lipinski definition) is 0. The normalized spacial score (nSPS) is 19.3. The van der Waals surface area contributed by atoms with Crippen LogP contribution in [-0.2, 0) is 17.5 Å². The maximum absolute atomic E-state index is 12.5. The zero-order valence-corrected chi connectivity index (χ0v) is 13.2. The largest absolute Gasteiger partial charge is 0.416 e. The van der Waals surface area contributed by atoms with Crippen molar-refractivity contribution in [3.05, 3.63) is 35.4 Å². The summed E-state index contributed by atoms with van der Waals surface area (Å²) in [5.41, 5.74) is 0.0341. The first-order valence-corrected chi connectivity index (χ1v) is 8.69. The fourth-order valence-electron chi connectivity index (χ4n) is 2.03. The SMILES string of the molecule is CN(Cc1ccc(C(F)(F)F)cc1)C(=O)C1CSCCS1. The second kappa shape index (κ2) is 6.96. The lowest BCUT2D eigenvalue weighted by molar-refractivity contribution is -0.137. The molecule has 1 aliphatic heterocycles. The van der Waals surface area contributed by atoms with E-state index >= 15 is 0 Å². The fourth-order valence-corrected chi connectivity index (χ4v) is 4.69. The number of alkyl halides is 3. The highest BCUT2D eigenvalue weighted by Gasteiger charge is 2.30. The average molecular weight is 335 g/mol. The Morgan fingerprint density at radius 1 is 1.29 bits per heavy atom. The van der Waals surface area contributed by atoms with E-state index in [1.165, 1.54) is 12.1 Å². The molecule has 1 saturated heterocycles. The number of carbonyl (C=O) groups is 1. The standard InChI is InChI=1S/C14H16F3NOS2/c1-18(13(19)12-9-20-6-7-21-12)8-10-2-4-11(5-3-10)14(15,16)17/h2-5,12H,6-9H2,1H3. The minimum Gasteiger partial charge on any atom is -0.340 e. The number of nitrogens with zero attached hydrogens (tertiary/aromatic N) is 1. The Morgan fingerprint density at radius 3 is 2.48 bits per heavy atom. The minimum atomic E-state index is -4.32. The first kappa shape index (κ1) is 16.5. The summed E-state index contributed by atoms with van der Waals surface area (Å²) in [4.78, 5) is 13.8. The van der Waals surface area contributed by atoms with E-state index in [0.717, 1.165) is 29.4 Å². The maximum Gasteiger partial charge on any atom is 0.416 e. The third-order valence-corrected chi connectivity index (χ3v) is 5.91. The highest BCUT2D eigenvalue weighted by Crippen LogP contribution is 2.29. The molecule has 0 spiro atoms. The van der Waals surface area contributed by atoms with Crippen molar-refractivity contribution in [3.63, 3.8) is 0 Å². The summed E-state index contributed by atoms with van der Waals surface area (Å²) in [5.74, 6) is 2.89. The zero-order valence-electron chi connectivity index (χ0n) is 11.5. The Kier molecular flexibility index (Phi) is 5.48. The van der Waals surface area contributed by atoms with Crippen LogP contribution in [0.2, 0.25) is 0 Å². The second-order valence-electron chi connectivity index (χ2n) is 4.82. The quantitative estimate of drug-likeness (QED) is 0.843. The van der Waals surface area contributed by atoms with E-state index in [1.807, 2.05) is 0 Å². The van der Waals surface area contributed by atoms with Crippen molar-refractivity contribution in [1.82, 2.24) is 4.90 Å². The molecule has 0 bridgehead atoms. The van der Waals surface area contributed by atoms with Crippen molar-refractivity contribution < 1.29 is 18.0 Å². The van der Waals surface area contributed by atoms with E-state index in [-0.39, 0.29) is 11.2 Å². The molecule has 116 valence electrons. The molecule has 1 fully saturated rings. The number of thioether (sulfide) groups is 2. The average Bonchev–Trinajstić information content (AvgIpc) is 2.47. The predicted octanol–water partition coefficient (Wildman–Crippen LogP) is 3.51. The lowest BCUT2D eigenvalue weighted by Crippen LogP contribution is -2.37. The second-order valence-corrected chi connectivity index (χ2v) is 7.28. The van der Waals surface area contributed by atoms with Gasteiger partial charge >= 0.3 is 6.18 Å². The van der Waals surface area contributed by atoms with Gasteiger partial charge in [0, 0.05) is 30.9 Å². The molecule has 0 saturated carbocycles. The first-order chi connectivity index (χ1) is 9.88. The van der Waals surface area contributed by atoms with Crippen molar-refractivity contribution in [1.29, 1.82) is 0 Å². The third kappa shape index (κ3) is 4.57. The molecule has 2 nitrogen and oxygen atoms in total. The van der Waals surface area contributed by atoms with Crippen molar-refractivity contribution in [2.45, 2.75) is 18.0 Å². The summed E-state index contributed by atoms with van der Waals surface area (Å²) in [7, 11) is 1.69. The van der Waals surface area contributed by atoms with Crippen LogP contribution in [0.15, 0.2) is 24.3 Å². The number of carbonyl (C=O) groups excluding carboxylic acids is 1. The molecular weight excluding hydrogens is 319 g/mol. The molecule has 2 rings (SSSR count).